The van der Waals surface area contributed by atoms with E-state index in [2.05, 4.69) is 14.3 Å². The van der Waals surface area contributed by atoms with Crippen molar-refractivity contribution in [2.75, 3.05) is 31.2 Å². The smallest absolute Gasteiger partial charge is 0.261 e. The van der Waals surface area contributed by atoms with E-state index >= 15 is 4.39 Å². The number of aromatic nitrogens is 3. The molecule has 4 heterocycles. The van der Waals surface area contributed by atoms with Crippen molar-refractivity contribution in [3.05, 3.63) is 69.6 Å². The number of aryl methyl sites for hydroxylation is 1. The van der Waals surface area contributed by atoms with Crippen LogP contribution in [0.15, 0.2) is 30.3 Å². The number of hydrogen-bond acceptors (Lipinski definition) is 7. The third-order valence-corrected chi connectivity index (χ3v) is 7.65. The number of benzene rings is 1. The average molecular weight is 578 g/mol. The number of ether oxygens (including phenoxy) is 2. The first kappa shape index (κ1) is 27.4. The van der Waals surface area contributed by atoms with Crippen LogP contribution in [0.2, 0.25) is 5.15 Å². The molecular formula is C26H29ClFN5O5S. The Labute approximate surface area is 231 Å². The predicted molar refractivity (Wildman–Crippen MR) is 143 cm³/mol. The highest BCUT2D eigenvalue weighted by atomic mass is 35.5. The molecule has 1 amide bonds. The highest BCUT2D eigenvalue weighted by Crippen LogP contribution is 2.39. The van der Waals surface area contributed by atoms with Gasteiger partial charge >= 0.3 is 0 Å². The van der Waals surface area contributed by atoms with Crippen molar-refractivity contribution in [3.8, 4) is 5.75 Å². The van der Waals surface area contributed by atoms with Gasteiger partial charge in [-0.15, -0.1) is 0 Å². The molecule has 1 unspecified atom stereocenters. The van der Waals surface area contributed by atoms with Crippen LogP contribution in [0, 0.1) is 5.82 Å². The quantitative estimate of drug-likeness (QED) is 0.408. The van der Waals surface area contributed by atoms with Gasteiger partial charge in [-0.3, -0.25) is 9.52 Å². The fraction of sp³-hybridized carbons (Fsp3) is 0.423. The molecule has 0 bridgehead atoms. The lowest BCUT2D eigenvalue weighted by molar-refractivity contribution is -0.135. The predicted octanol–water partition coefficient (Wildman–Crippen LogP) is 3.48. The zero-order chi connectivity index (χ0) is 27.7. The number of carbonyl (C=O) groups excluding carboxylic acids is 1. The van der Waals surface area contributed by atoms with Gasteiger partial charge < -0.3 is 18.9 Å². The maximum Gasteiger partial charge on any atom is 0.261 e. The lowest BCUT2D eigenvalue weighted by atomic mass is 9.93. The van der Waals surface area contributed by atoms with Crippen LogP contribution in [0.3, 0.4) is 0 Å². The van der Waals surface area contributed by atoms with Crippen molar-refractivity contribution in [2.45, 2.75) is 44.9 Å². The second kappa shape index (κ2) is 11.1. The van der Waals surface area contributed by atoms with E-state index in [1.165, 1.54) is 18.2 Å². The summed E-state index contributed by atoms with van der Waals surface area (Å²) >= 11 is 6.18. The lowest BCUT2D eigenvalue weighted by Gasteiger charge is -2.37. The van der Waals surface area contributed by atoms with Crippen LogP contribution < -0.4 is 9.46 Å². The fourth-order valence-electron chi connectivity index (χ4n) is 5.19. The monoisotopic (exact) mass is 577 g/mol. The molecule has 1 aromatic carbocycles. The lowest BCUT2D eigenvalue weighted by Crippen LogP contribution is -2.44. The summed E-state index contributed by atoms with van der Waals surface area (Å²) in [5.41, 5.74) is 2.82. The van der Waals surface area contributed by atoms with Crippen molar-refractivity contribution in [2.24, 2.45) is 0 Å². The summed E-state index contributed by atoms with van der Waals surface area (Å²) in [4.78, 5) is 24.0. The second-order valence-corrected chi connectivity index (χ2v) is 11.8. The molecule has 0 saturated carbocycles. The number of carbonyl (C=O) groups is 1. The molecule has 2 aliphatic rings. The summed E-state index contributed by atoms with van der Waals surface area (Å²) < 4.78 is 53.7. The molecule has 1 atom stereocenters. The minimum absolute atomic E-state index is 0.0303. The number of nitrogens with zero attached hydrogens (tertiary/aromatic N) is 4. The third kappa shape index (κ3) is 5.87. The van der Waals surface area contributed by atoms with E-state index in [-0.39, 0.29) is 35.8 Å². The van der Waals surface area contributed by atoms with Gasteiger partial charge in [0.15, 0.2) is 17.5 Å². The number of imidazole rings is 1. The number of nitrogens with one attached hydrogen (secondary N) is 1. The minimum Gasteiger partial charge on any atom is -0.481 e. The van der Waals surface area contributed by atoms with E-state index in [1.807, 2.05) is 0 Å². The largest absolute Gasteiger partial charge is 0.481 e. The van der Waals surface area contributed by atoms with Gasteiger partial charge in [0, 0.05) is 38.6 Å². The van der Waals surface area contributed by atoms with Crippen molar-refractivity contribution in [1.29, 1.82) is 0 Å². The van der Waals surface area contributed by atoms with Crippen LogP contribution in [0.5, 0.6) is 5.75 Å². The number of hydrogen-bond donors (Lipinski definition) is 1. The standard InChI is InChI=1S/C26H29ClFN5O5S/c1-37-14-16-6-7-17(18(28)13-16)24-25-19(29-22-5-3-4-11-32(22)25)10-12-33(24)23(34)15-38-20-8-9-21(30-26(20)27)31-39(2,35)36/h6-9,13,24H,3-5,10-12,14-15H2,1-2H3,(H,30,31). The Balaban J connectivity index is 1.44. The van der Waals surface area contributed by atoms with Crippen LogP contribution in [-0.2, 0) is 45.5 Å². The Kier molecular flexibility index (Phi) is 7.79. The number of rotatable bonds is 8. The summed E-state index contributed by atoms with van der Waals surface area (Å²) in [5.74, 6) is 0.345. The van der Waals surface area contributed by atoms with Gasteiger partial charge in [0.2, 0.25) is 10.0 Å². The molecule has 0 spiro atoms. The Morgan fingerprint density at radius 1 is 1.18 bits per heavy atom. The zero-order valence-corrected chi connectivity index (χ0v) is 23.2. The number of fused-ring (bicyclic) bond motifs is 3. The van der Waals surface area contributed by atoms with Crippen molar-refractivity contribution >= 4 is 33.3 Å². The van der Waals surface area contributed by atoms with Crippen LogP contribution in [0.1, 0.15) is 47.2 Å². The first-order valence-corrected chi connectivity index (χ1v) is 14.8. The van der Waals surface area contributed by atoms with Crippen LogP contribution in [-0.4, -0.2) is 60.3 Å². The summed E-state index contributed by atoms with van der Waals surface area (Å²) in [6.45, 7) is 1.03. The number of halogens is 2. The van der Waals surface area contributed by atoms with Gasteiger partial charge in [-0.2, -0.15) is 0 Å². The number of anilines is 1. The van der Waals surface area contributed by atoms with Crippen molar-refractivity contribution in [3.63, 3.8) is 0 Å². The molecule has 1 N–H and O–H groups in total. The highest BCUT2D eigenvalue weighted by molar-refractivity contribution is 7.92. The molecule has 39 heavy (non-hydrogen) atoms. The molecule has 0 radical (unpaired) electrons. The highest BCUT2D eigenvalue weighted by Gasteiger charge is 2.38. The average Bonchev–Trinajstić information content (AvgIpc) is 3.26. The van der Waals surface area contributed by atoms with Gasteiger partial charge in [-0.1, -0.05) is 23.7 Å². The van der Waals surface area contributed by atoms with Crippen molar-refractivity contribution < 1.29 is 27.1 Å². The van der Waals surface area contributed by atoms with Gasteiger partial charge in [-0.05, 0) is 36.6 Å². The Bertz CT molecular complexity index is 1510. The van der Waals surface area contributed by atoms with E-state index in [9.17, 15) is 13.2 Å². The molecule has 0 fully saturated rings. The first-order valence-electron chi connectivity index (χ1n) is 12.6. The molecule has 0 aliphatic carbocycles. The molecular weight excluding hydrogens is 549 g/mol. The van der Waals surface area contributed by atoms with E-state index in [4.69, 9.17) is 26.1 Å². The molecule has 208 valence electrons. The van der Waals surface area contributed by atoms with Gasteiger partial charge in [0.25, 0.3) is 5.91 Å². The summed E-state index contributed by atoms with van der Waals surface area (Å²) in [6.07, 6.45) is 4.43. The third-order valence-electron chi connectivity index (χ3n) is 6.80. The number of pyridine rings is 1. The van der Waals surface area contributed by atoms with Gasteiger partial charge in [0.05, 0.1) is 24.3 Å². The maximum absolute atomic E-state index is 15.6. The Morgan fingerprint density at radius 2 is 2.00 bits per heavy atom. The molecule has 0 saturated heterocycles. The minimum atomic E-state index is -3.53. The van der Waals surface area contributed by atoms with Gasteiger partial charge in [0.1, 0.15) is 23.5 Å². The maximum atomic E-state index is 15.6. The van der Waals surface area contributed by atoms with E-state index in [1.54, 1.807) is 24.1 Å². The van der Waals surface area contributed by atoms with Gasteiger partial charge in [-0.25, -0.2) is 22.8 Å². The van der Waals surface area contributed by atoms with E-state index in [0.29, 0.717) is 24.1 Å². The van der Waals surface area contributed by atoms with Crippen LogP contribution in [0.4, 0.5) is 10.2 Å². The SMILES string of the molecule is COCc1ccc(C2c3c(nc4n3CCCC4)CCN2C(=O)COc2ccc(NS(C)(=O)=O)nc2Cl)c(F)c1. The normalized spacial score (nSPS) is 16.9. The van der Waals surface area contributed by atoms with Crippen molar-refractivity contribution in [1.82, 2.24) is 19.4 Å². The number of methoxy groups -OCH3 is 1. The number of sulfonamides is 1. The fourth-order valence-corrected chi connectivity index (χ4v) is 5.89. The topological polar surface area (TPSA) is 116 Å². The molecule has 3 aromatic rings. The molecule has 10 nitrogen and oxygen atoms in total. The molecule has 13 heteroatoms. The Morgan fingerprint density at radius 3 is 2.72 bits per heavy atom. The van der Waals surface area contributed by atoms with Crippen LogP contribution >= 0.6 is 11.6 Å². The zero-order valence-electron chi connectivity index (χ0n) is 21.6. The number of amides is 1. The summed E-state index contributed by atoms with van der Waals surface area (Å²) in [5, 5.41) is -0.0985. The molecule has 5 rings (SSSR count). The summed E-state index contributed by atoms with van der Waals surface area (Å²) in [7, 11) is -1.98. The van der Waals surface area contributed by atoms with Crippen LogP contribution in [0.25, 0.3) is 0 Å². The Hall–Kier alpha value is -3.22. The molecule has 2 aromatic heterocycles. The molecule has 2 aliphatic heterocycles. The first-order chi connectivity index (χ1) is 18.6. The van der Waals surface area contributed by atoms with E-state index < -0.39 is 21.9 Å². The summed E-state index contributed by atoms with van der Waals surface area (Å²) in [6, 6.07) is 7.11. The second-order valence-electron chi connectivity index (χ2n) is 9.65. The van der Waals surface area contributed by atoms with E-state index in [0.717, 1.165) is 49.3 Å².